The van der Waals surface area contributed by atoms with E-state index in [0.717, 1.165) is 25.9 Å². The van der Waals surface area contributed by atoms with Crippen molar-refractivity contribution in [2.45, 2.75) is 32.1 Å². The van der Waals surface area contributed by atoms with Crippen LogP contribution < -0.4 is 11.3 Å². The highest BCUT2D eigenvalue weighted by Crippen LogP contribution is 2.17. The molecule has 2 rings (SSSR count). The van der Waals surface area contributed by atoms with E-state index in [9.17, 15) is 4.79 Å². The van der Waals surface area contributed by atoms with Gasteiger partial charge in [0.2, 0.25) is 0 Å². The summed E-state index contributed by atoms with van der Waals surface area (Å²) < 4.78 is 0. The zero-order valence-electron chi connectivity index (χ0n) is 10.6. The summed E-state index contributed by atoms with van der Waals surface area (Å²) in [4.78, 5) is 18.3. The normalized spacial score (nSPS) is 16.8. The van der Waals surface area contributed by atoms with Crippen LogP contribution in [0, 0.1) is 0 Å². The van der Waals surface area contributed by atoms with Crippen LogP contribution in [0.15, 0.2) is 18.5 Å². The van der Waals surface area contributed by atoms with E-state index in [1.165, 1.54) is 19.3 Å². The number of aromatic nitrogens is 1. The molecule has 0 atom stereocenters. The lowest BCUT2D eigenvalue weighted by Crippen LogP contribution is -2.34. The smallest absolute Gasteiger partial charge is 0.256 e. The first-order valence-electron chi connectivity index (χ1n) is 6.53. The molecule has 1 saturated heterocycles. The molecule has 0 aromatic carbocycles. The van der Waals surface area contributed by atoms with Crippen molar-refractivity contribution in [1.29, 1.82) is 0 Å². The Labute approximate surface area is 107 Å². The number of amides is 1. The summed E-state index contributed by atoms with van der Waals surface area (Å²) >= 11 is 0. The number of nitrogens with one attached hydrogen (secondary N) is 1. The quantitative estimate of drug-likeness (QED) is 0.618. The zero-order valence-corrected chi connectivity index (χ0v) is 10.6. The van der Waals surface area contributed by atoms with Crippen molar-refractivity contribution >= 4 is 11.6 Å². The summed E-state index contributed by atoms with van der Waals surface area (Å²) in [6, 6.07) is 1.72. The van der Waals surface area contributed by atoms with Gasteiger partial charge >= 0.3 is 0 Å². The van der Waals surface area contributed by atoms with Gasteiger partial charge in [0.05, 0.1) is 17.4 Å². The van der Waals surface area contributed by atoms with Gasteiger partial charge in [-0.05, 0) is 18.9 Å². The fraction of sp³-hybridized carbons (Fsp3) is 0.538. The van der Waals surface area contributed by atoms with E-state index in [4.69, 9.17) is 5.84 Å². The second-order valence-electron chi connectivity index (χ2n) is 4.63. The van der Waals surface area contributed by atoms with Gasteiger partial charge in [0.25, 0.3) is 5.91 Å². The van der Waals surface area contributed by atoms with Crippen LogP contribution in [0.1, 0.15) is 42.5 Å². The molecule has 0 saturated carbocycles. The van der Waals surface area contributed by atoms with E-state index in [2.05, 4.69) is 10.4 Å². The molecule has 0 aliphatic carbocycles. The maximum atomic E-state index is 12.4. The minimum absolute atomic E-state index is 0.0484. The van der Waals surface area contributed by atoms with Gasteiger partial charge in [0.1, 0.15) is 0 Å². The summed E-state index contributed by atoms with van der Waals surface area (Å²) in [6.07, 6.45) is 9.08. The third-order valence-corrected chi connectivity index (χ3v) is 3.35. The minimum atomic E-state index is 0.0484. The number of carbonyl (C=O) groups is 1. The molecule has 98 valence electrons. The van der Waals surface area contributed by atoms with Crippen LogP contribution in [0.2, 0.25) is 0 Å². The Kier molecular flexibility index (Phi) is 4.52. The highest BCUT2D eigenvalue weighted by molar-refractivity contribution is 5.99. The van der Waals surface area contributed by atoms with Gasteiger partial charge in [-0.1, -0.05) is 19.3 Å². The molecular weight excluding hydrogens is 228 g/mol. The fourth-order valence-electron chi connectivity index (χ4n) is 2.32. The lowest BCUT2D eigenvalue weighted by Gasteiger charge is -2.25. The second-order valence-corrected chi connectivity index (χ2v) is 4.63. The largest absolute Gasteiger partial charge is 0.339 e. The van der Waals surface area contributed by atoms with Crippen molar-refractivity contribution < 1.29 is 4.79 Å². The Morgan fingerprint density at radius 1 is 1.22 bits per heavy atom. The molecule has 5 nitrogen and oxygen atoms in total. The van der Waals surface area contributed by atoms with Gasteiger partial charge in [-0.25, -0.2) is 0 Å². The topological polar surface area (TPSA) is 71.2 Å². The number of carbonyl (C=O) groups excluding carboxylic acids is 1. The Morgan fingerprint density at radius 2 is 1.89 bits per heavy atom. The molecule has 1 aliphatic heterocycles. The number of nitrogens with zero attached hydrogens (tertiary/aromatic N) is 2. The maximum Gasteiger partial charge on any atom is 0.256 e. The number of pyridine rings is 1. The Bertz CT molecular complexity index is 400. The third kappa shape index (κ3) is 2.98. The molecule has 5 heteroatoms. The predicted octanol–water partition coefficient (Wildman–Crippen LogP) is 1.77. The number of hydrogen-bond acceptors (Lipinski definition) is 4. The van der Waals surface area contributed by atoms with Crippen LogP contribution in [0.3, 0.4) is 0 Å². The van der Waals surface area contributed by atoms with Gasteiger partial charge in [0, 0.05) is 19.3 Å². The number of nitrogen functional groups attached to an aromatic ring is 1. The lowest BCUT2D eigenvalue weighted by atomic mass is 10.1. The van der Waals surface area contributed by atoms with Crippen molar-refractivity contribution in [3.8, 4) is 0 Å². The number of rotatable bonds is 2. The number of hydrogen-bond donors (Lipinski definition) is 2. The van der Waals surface area contributed by atoms with Crippen molar-refractivity contribution in [2.24, 2.45) is 5.84 Å². The monoisotopic (exact) mass is 248 g/mol. The number of anilines is 1. The van der Waals surface area contributed by atoms with Gasteiger partial charge in [0.15, 0.2) is 0 Å². The molecule has 0 spiro atoms. The van der Waals surface area contributed by atoms with E-state index in [1.54, 1.807) is 18.5 Å². The predicted molar refractivity (Wildman–Crippen MR) is 71.0 cm³/mol. The van der Waals surface area contributed by atoms with E-state index in [0.29, 0.717) is 11.3 Å². The molecule has 1 fully saturated rings. The average molecular weight is 248 g/mol. The van der Waals surface area contributed by atoms with Crippen LogP contribution in [-0.4, -0.2) is 28.9 Å². The molecule has 18 heavy (non-hydrogen) atoms. The molecule has 0 radical (unpaired) electrons. The fourth-order valence-corrected chi connectivity index (χ4v) is 2.32. The van der Waals surface area contributed by atoms with E-state index in [-0.39, 0.29) is 5.91 Å². The summed E-state index contributed by atoms with van der Waals surface area (Å²) in [7, 11) is 0. The van der Waals surface area contributed by atoms with Gasteiger partial charge < -0.3 is 10.3 Å². The van der Waals surface area contributed by atoms with Crippen LogP contribution in [0.4, 0.5) is 5.69 Å². The standard InChI is InChI=1S/C13H20N4O/c14-16-12-10-15-7-6-11(12)13(18)17-8-4-2-1-3-5-9-17/h6-7,10,16H,1-5,8-9,14H2. The number of nitrogens with two attached hydrogens (primary N) is 1. The SMILES string of the molecule is NNc1cnccc1C(=O)N1CCCCCCC1. The summed E-state index contributed by atoms with van der Waals surface area (Å²) in [5.41, 5.74) is 3.73. The molecule has 3 N–H and O–H groups in total. The van der Waals surface area contributed by atoms with Crippen molar-refractivity contribution in [3.63, 3.8) is 0 Å². The minimum Gasteiger partial charge on any atom is -0.339 e. The van der Waals surface area contributed by atoms with Crippen LogP contribution in [0.25, 0.3) is 0 Å². The Hall–Kier alpha value is -1.62. The lowest BCUT2D eigenvalue weighted by molar-refractivity contribution is 0.0743. The highest BCUT2D eigenvalue weighted by atomic mass is 16.2. The average Bonchev–Trinajstić information content (AvgIpc) is 2.37. The van der Waals surface area contributed by atoms with Crippen LogP contribution >= 0.6 is 0 Å². The van der Waals surface area contributed by atoms with Gasteiger partial charge in [-0.15, -0.1) is 0 Å². The molecule has 0 unspecified atom stereocenters. The molecule has 1 aliphatic rings. The number of likely N-dealkylation sites (tertiary alicyclic amines) is 1. The van der Waals surface area contributed by atoms with Gasteiger partial charge in [-0.2, -0.15) is 0 Å². The van der Waals surface area contributed by atoms with E-state index in [1.807, 2.05) is 4.90 Å². The zero-order chi connectivity index (χ0) is 12.8. The molecule has 1 aromatic rings. The van der Waals surface area contributed by atoms with Gasteiger partial charge in [-0.3, -0.25) is 15.6 Å². The summed E-state index contributed by atoms with van der Waals surface area (Å²) in [6.45, 7) is 1.68. The summed E-state index contributed by atoms with van der Waals surface area (Å²) in [5, 5.41) is 0. The van der Waals surface area contributed by atoms with Crippen molar-refractivity contribution in [2.75, 3.05) is 18.5 Å². The first kappa shape index (κ1) is 12.8. The molecule has 2 heterocycles. The molecular formula is C13H20N4O. The summed E-state index contributed by atoms with van der Waals surface area (Å²) in [5.74, 6) is 5.46. The van der Waals surface area contributed by atoms with Crippen molar-refractivity contribution in [3.05, 3.63) is 24.0 Å². The maximum absolute atomic E-state index is 12.4. The Morgan fingerprint density at radius 3 is 2.56 bits per heavy atom. The first-order chi connectivity index (χ1) is 8.83. The van der Waals surface area contributed by atoms with E-state index < -0.39 is 0 Å². The van der Waals surface area contributed by atoms with E-state index >= 15 is 0 Å². The molecule has 1 aromatic heterocycles. The van der Waals surface area contributed by atoms with Crippen molar-refractivity contribution in [1.82, 2.24) is 9.88 Å². The molecule has 0 bridgehead atoms. The molecule has 1 amide bonds. The van der Waals surface area contributed by atoms with Crippen LogP contribution in [0.5, 0.6) is 0 Å². The third-order valence-electron chi connectivity index (χ3n) is 3.35. The van der Waals surface area contributed by atoms with Crippen LogP contribution in [-0.2, 0) is 0 Å². The first-order valence-corrected chi connectivity index (χ1v) is 6.53. The highest BCUT2D eigenvalue weighted by Gasteiger charge is 2.19. The Balaban J connectivity index is 2.13. The second kappa shape index (κ2) is 6.35. The number of hydrazine groups is 1.